The summed E-state index contributed by atoms with van der Waals surface area (Å²) < 4.78 is 2.07. The Kier molecular flexibility index (Phi) is 5.29. The van der Waals surface area contributed by atoms with Crippen molar-refractivity contribution in [3.63, 3.8) is 0 Å². The highest BCUT2D eigenvalue weighted by atomic mass is 35.5. The molecule has 0 aromatic carbocycles. The molecule has 0 bridgehead atoms. The van der Waals surface area contributed by atoms with Gasteiger partial charge in [-0.15, -0.1) is 11.6 Å². The SMILES string of the molecule is CCn1nc(C)cc1CN(CCCl)C(C)C. The van der Waals surface area contributed by atoms with Gasteiger partial charge in [0.05, 0.1) is 11.4 Å². The minimum atomic E-state index is 0.513. The van der Waals surface area contributed by atoms with Crippen molar-refractivity contribution >= 4 is 11.6 Å². The molecule has 1 heterocycles. The predicted molar refractivity (Wildman–Crippen MR) is 68.9 cm³/mol. The standard InChI is InChI=1S/C12H22ClN3/c1-5-16-12(8-11(4)14-16)9-15(7-6-13)10(2)3/h8,10H,5-7,9H2,1-4H3. The van der Waals surface area contributed by atoms with Crippen molar-refractivity contribution in [2.45, 2.75) is 46.8 Å². The van der Waals surface area contributed by atoms with Crippen molar-refractivity contribution in [1.29, 1.82) is 0 Å². The van der Waals surface area contributed by atoms with Crippen molar-refractivity contribution in [2.24, 2.45) is 0 Å². The highest BCUT2D eigenvalue weighted by Crippen LogP contribution is 2.10. The van der Waals surface area contributed by atoms with Crippen LogP contribution in [0.3, 0.4) is 0 Å². The summed E-state index contributed by atoms with van der Waals surface area (Å²) in [5, 5.41) is 4.46. The van der Waals surface area contributed by atoms with Crippen LogP contribution in [0.2, 0.25) is 0 Å². The van der Waals surface area contributed by atoms with Gasteiger partial charge in [0, 0.05) is 31.6 Å². The van der Waals surface area contributed by atoms with E-state index in [0.717, 1.165) is 25.3 Å². The van der Waals surface area contributed by atoms with Gasteiger partial charge in [-0.1, -0.05) is 0 Å². The summed E-state index contributed by atoms with van der Waals surface area (Å²) in [5.41, 5.74) is 2.37. The molecule has 1 aromatic rings. The Morgan fingerprint density at radius 3 is 2.69 bits per heavy atom. The summed E-state index contributed by atoms with van der Waals surface area (Å²) in [6.45, 7) is 11.3. The van der Waals surface area contributed by atoms with Crippen molar-refractivity contribution < 1.29 is 0 Å². The summed E-state index contributed by atoms with van der Waals surface area (Å²) in [4.78, 5) is 2.37. The maximum absolute atomic E-state index is 5.82. The topological polar surface area (TPSA) is 21.1 Å². The maximum Gasteiger partial charge on any atom is 0.0597 e. The number of nitrogens with zero attached hydrogens (tertiary/aromatic N) is 3. The Labute approximate surface area is 103 Å². The van der Waals surface area contributed by atoms with Gasteiger partial charge in [-0.05, 0) is 33.8 Å². The van der Waals surface area contributed by atoms with Gasteiger partial charge in [-0.25, -0.2) is 0 Å². The van der Waals surface area contributed by atoms with Gasteiger partial charge >= 0.3 is 0 Å². The van der Waals surface area contributed by atoms with Crippen LogP contribution in [0.15, 0.2) is 6.07 Å². The van der Waals surface area contributed by atoms with Crippen molar-refractivity contribution in [2.75, 3.05) is 12.4 Å². The van der Waals surface area contributed by atoms with Crippen LogP contribution >= 0.6 is 11.6 Å². The Morgan fingerprint density at radius 2 is 2.19 bits per heavy atom. The number of aryl methyl sites for hydroxylation is 2. The molecule has 0 aliphatic heterocycles. The largest absolute Gasteiger partial charge is 0.294 e. The third-order valence-corrected chi connectivity index (χ3v) is 2.92. The molecule has 0 radical (unpaired) electrons. The Morgan fingerprint density at radius 1 is 1.50 bits per heavy atom. The van der Waals surface area contributed by atoms with Crippen LogP contribution in [-0.2, 0) is 13.1 Å². The van der Waals surface area contributed by atoms with Crippen LogP contribution in [0.5, 0.6) is 0 Å². The molecule has 0 aliphatic carbocycles. The summed E-state index contributed by atoms with van der Waals surface area (Å²) in [6, 6.07) is 2.67. The van der Waals surface area contributed by atoms with E-state index in [-0.39, 0.29) is 0 Å². The second kappa shape index (κ2) is 6.26. The summed E-state index contributed by atoms with van der Waals surface area (Å²) >= 11 is 5.82. The number of alkyl halides is 1. The predicted octanol–water partition coefficient (Wildman–Crippen LogP) is 2.66. The van der Waals surface area contributed by atoms with Crippen molar-refractivity contribution in [3.05, 3.63) is 17.5 Å². The van der Waals surface area contributed by atoms with Gasteiger partial charge in [0.15, 0.2) is 0 Å². The van der Waals surface area contributed by atoms with Gasteiger partial charge in [-0.3, -0.25) is 9.58 Å². The van der Waals surface area contributed by atoms with Crippen molar-refractivity contribution in [1.82, 2.24) is 14.7 Å². The molecule has 0 atom stereocenters. The van der Waals surface area contributed by atoms with Gasteiger partial charge < -0.3 is 0 Å². The van der Waals surface area contributed by atoms with Crippen LogP contribution in [0.1, 0.15) is 32.2 Å². The highest BCUT2D eigenvalue weighted by Gasteiger charge is 2.12. The zero-order valence-corrected chi connectivity index (χ0v) is 11.5. The van der Waals surface area contributed by atoms with Crippen LogP contribution in [0.25, 0.3) is 0 Å². The molecule has 92 valence electrons. The first-order chi connectivity index (χ1) is 7.58. The molecule has 0 saturated carbocycles. The Bertz CT molecular complexity index is 320. The van der Waals surface area contributed by atoms with E-state index < -0.39 is 0 Å². The van der Waals surface area contributed by atoms with E-state index in [9.17, 15) is 0 Å². The molecule has 1 rings (SSSR count). The molecule has 4 heteroatoms. The smallest absolute Gasteiger partial charge is 0.0597 e. The first-order valence-corrected chi connectivity index (χ1v) is 6.45. The highest BCUT2D eigenvalue weighted by molar-refractivity contribution is 6.18. The second-order valence-electron chi connectivity index (χ2n) is 4.35. The summed E-state index contributed by atoms with van der Waals surface area (Å²) in [7, 11) is 0. The lowest BCUT2D eigenvalue weighted by Gasteiger charge is -2.25. The van der Waals surface area contributed by atoms with E-state index in [1.807, 2.05) is 6.92 Å². The van der Waals surface area contributed by atoms with E-state index in [4.69, 9.17) is 11.6 Å². The Hall–Kier alpha value is -0.540. The molecule has 0 N–H and O–H groups in total. The zero-order chi connectivity index (χ0) is 12.1. The molecule has 3 nitrogen and oxygen atoms in total. The quantitative estimate of drug-likeness (QED) is 0.717. The lowest BCUT2D eigenvalue weighted by molar-refractivity contribution is 0.219. The fourth-order valence-electron chi connectivity index (χ4n) is 1.84. The van der Waals surface area contributed by atoms with Gasteiger partial charge in [0.25, 0.3) is 0 Å². The molecular weight excluding hydrogens is 222 g/mol. The van der Waals surface area contributed by atoms with Gasteiger partial charge in [0.1, 0.15) is 0 Å². The second-order valence-corrected chi connectivity index (χ2v) is 4.72. The van der Waals surface area contributed by atoms with Crippen LogP contribution in [-0.4, -0.2) is 33.1 Å². The normalized spacial score (nSPS) is 11.7. The van der Waals surface area contributed by atoms with E-state index in [2.05, 4.69) is 41.5 Å². The van der Waals surface area contributed by atoms with Crippen LogP contribution < -0.4 is 0 Å². The zero-order valence-electron chi connectivity index (χ0n) is 10.7. The first-order valence-electron chi connectivity index (χ1n) is 5.91. The number of rotatable bonds is 6. The minimum Gasteiger partial charge on any atom is -0.294 e. The number of halogens is 1. The molecule has 16 heavy (non-hydrogen) atoms. The third-order valence-electron chi connectivity index (χ3n) is 2.75. The molecule has 0 spiro atoms. The lowest BCUT2D eigenvalue weighted by Crippen LogP contribution is -2.32. The number of hydrogen-bond acceptors (Lipinski definition) is 2. The van der Waals surface area contributed by atoms with Crippen LogP contribution in [0, 0.1) is 6.92 Å². The molecule has 0 unspecified atom stereocenters. The maximum atomic E-state index is 5.82. The molecule has 1 aromatic heterocycles. The van der Waals surface area contributed by atoms with Gasteiger partial charge in [-0.2, -0.15) is 5.10 Å². The van der Waals surface area contributed by atoms with Gasteiger partial charge in [0.2, 0.25) is 0 Å². The summed E-state index contributed by atoms with van der Waals surface area (Å²) in [5.74, 6) is 0.678. The molecule has 0 fully saturated rings. The molecule has 0 aliphatic rings. The average Bonchev–Trinajstić information content (AvgIpc) is 2.58. The monoisotopic (exact) mass is 243 g/mol. The van der Waals surface area contributed by atoms with E-state index in [1.54, 1.807) is 0 Å². The van der Waals surface area contributed by atoms with E-state index in [0.29, 0.717) is 11.9 Å². The molecule has 0 amide bonds. The lowest BCUT2D eigenvalue weighted by atomic mass is 10.2. The molecule has 0 saturated heterocycles. The third kappa shape index (κ3) is 3.49. The Balaban J connectivity index is 2.75. The number of hydrogen-bond donors (Lipinski definition) is 0. The van der Waals surface area contributed by atoms with E-state index >= 15 is 0 Å². The number of aromatic nitrogens is 2. The average molecular weight is 244 g/mol. The van der Waals surface area contributed by atoms with Crippen molar-refractivity contribution in [3.8, 4) is 0 Å². The van der Waals surface area contributed by atoms with Crippen LogP contribution in [0.4, 0.5) is 0 Å². The minimum absolute atomic E-state index is 0.513. The summed E-state index contributed by atoms with van der Waals surface area (Å²) in [6.07, 6.45) is 0. The fourth-order valence-corrected chi connectivity index (χ4v) is 2.05. The molecular formula is C12H22ClN3. The first kappa shape index (κ1) is 13.5. The van der Waals surface area contributed by atoms with E-state index in [1.165, 1.54) is 5.69 Å². The fraction of sp³-hybridized carbons (Fsp3) is 0.750.